The third-order valence-electron chi connectivity index (χ3n) is 1.89. The molecule has 0 aromatic carbocycles. The number of rotatable bonds is 1. The summed E-state index contributed by atoms with van der Waals surface area (Å²) in [5.74, 6) is 0. The second-order valence-electron chi connectivity index (χ2n) is 2.86. The highest BCUT2D eigenvalue weighted by molar-refractivity contribution is 5.75. The number of hydrogen-bond acceptors (Lipinski definition) is 3. The molecular formula is C8H6F2N2O2. The van der Waals surface area contributed by atoms with Gasteiger partial charge in [-0.15, -0.1) is 0 Å². The number of H-pyrrole nitrogens is 1. The van der Waals surface area contributed by atoms with Gasteiger partial charge in [-0.3, -0.25) is 4.79 Å². The van der Waals surface area contributed by atoms with Gasteiger partial charge in [0.2, 0.25) is 5.71 Å². The van der Waals surface area contributed by atoms with Crippen LogP contribution in [0.2, 0.25) is 0 Å². The minimum Gasteiger partial charge on any atom is -0.337 e. The summed E-state index contributed by atoms with van der Waals surface area (Å²) >= 11 is 0. The van der Waals surface area contributed by atoms with E-state index < -0.39 is 17.5 Å². The van der Waals surface area contributed by atoms with E-state index in [9.17, 15) is 13.6 Å². The molecule has 0 amide bonds. The molecule has 0 saturated carbocycles. The Kier molecular flexibility index (Phi) is 1.83. The predicted octanol–water partition coefficient (Wildman–Crippen LogP) is 1.76. The summed E-state index contributed by atoms with van der Waals surface area (Å²) in [6.07, 6.45) is -2.72. The average Bonchev–Trinajstić information content (AvgIpc) is 2.48. The monoisotopic (exact) mass is 200 g/mol. The summed E-state index contributed by atoms with van der Waals surface area (Å²) in [5.41, 5.74) is -0.584. The van der Waals surface area contributed by atoms with Gasteiger partial charge in [0, 0.05) is 6.07 Å². The van der Waals surface area contributed by atoms with E-state index in [2.05, 4.69) is 14.7 Å². The van der Waals surface area contributed by atoms with Crippen molar-refractivity contribution in [3.8, 4) is 0 Å². The zero-order chi connectivity index (χ0) is 10.3. The van der Waals surface area contributed by atoms with E-state index in [1.54, 1.807) is 6.92 Å². The van der Waals surface area contributed by atoms with Crippen molar-refractivity contribution < 1.29 is 13.3 Å². The summed E-state index contributed by atoms with van der Waals surface area (Å²) in [4.78, 5) is 13.6. The van der Waals surface area contributed by atoms with Gasteiger partial charge in [0.15, 0.2) is 5.43 Å². The van der Waals surface area contributed by atoms with Crippen molar-refractivity contribution in [2.45, 2.75) is 13.3 Å². The van der Waals surface area contributed by atoms with Gasteiger partial charge >= 0.3 is 0 Å². The number of nitrogens with one attached hydrogen (secondary N) is 1. The van der Waals surface area contributed by atoms with Gasteiger partial charge in [0.1, 0.15) is 5.39 Å². The molecule has 0 aliphatic heterocycles. The molecule has 0 aliphatic rings. The second-order valence-corrected chi connectivity index (χ2v) is 2.86. The Morgan fingerprint density at radius 3 is 2.93 bits per heavy atom. The molecule has 0 fully saturated rings. The van der Waals surface area contributed by atoms with Gasteiger partial charge in [-0.05, 0) is 6.92 Å². The second kappa shape index (κ2) is 2.90. The van der Waals surface area contributed by atoms with Gasteiger partial charge in [-0.2, -0.15) is 0 Å². The van der Waals surface area contributed by atoms with Gasteiger partial charge in [-0.25, -0.2) is 8.78 Å². The number of aromatic amines is 1. The molecule has 6 heteroatoms. The number of nitrogens with zero attached hydrogens (tertiary/aromatic N) is 1. The highest BCUT2D eigenvalue weighted by Gasteiger charge is 2.14. The molecule has 74 valence electrons. The SMILES string of the molecule is Cc1noc2[nH]c(C(F)F)cc(=O)c12. The van der Waals surface area contributed by atoms with Crippen LogP contribution in [0, 0.1) is 6.92 Å². The van der Waals surface area contributed by atoms with Gasteiger partial charge in [0.25, 0.3) is 6.43 Å². The van der Waals surface area contributed by atoms with Gasteiger partial charge in [-0.1, -0.05) is 5.16 Å². The van der Waals surface area contributed by atoms with Crippen molar-refractivity contribution in [3.05, 3.63) is 27.7 Å². The number of fused-ring (bicyclic) bond motifs is 1. The van der Waals surface area contributed by atoms with E-state index in [1.165, 1.54) is 0 Å². The maximum atomic E-state index is 12.2. The highest BCUT2D eigenvalue weighted by Crippen LogP contribution is 2.18. The lowest BCUT2D eigenvalue weighted by atomic mass is 10.2. The molecule has 0 spiro atoms. The van der Waals surface area contributed by atoms with Crippen LogP contribution in [0.5, 0.6) is 0 Å². The number of pyridine rings is 1. The van der Waals surface area contributed by atoms with E-state index in [0.717, 1.165) is 6.07 Å². The molecular weight excluding hydrogens is 194 g/mol. The van der Waals surface area contributed by atoms with Gasteiger partial charge in [0.05, 0.1) is 11.4 Å². The Balaban J connectivity index is 2.81. The quantitative estimate of drug-likeness (QED) is 0.762. The standard InChI is InChI=1S/C8H6F2N2O2/c1-3-6-5(13)2-4(7(9)10)11-8(6)14-12-3/h2,7H,1H3,(H,11,13). The zero-order valence-corrected chi connectivity index (χ0v) is 7.17. The largest absolute Gasteiger partial charge is 0.337 e. The average molecular weight is 200 g/mol. The third-order valence-corrected chi connectivity index (χ3v) is 1.89. The van der Waals surface area contributed by atoms with Crippen LogP contribution in [0.1, 0.15) is 17.8 Å². The molecule has 4 nitrogen and oxygen atoms in total. The topological polar surface area (TPSA) is 58.9 Å². The van der Waals surface area contributed by atoms with Crippen LogP contribution in [0.4, 0.5) is 8.78 Å². The van der Waals surface area contributed by atoms with Crippen LogP contribution >= 0.6 is 0 Å². The Labute approximate surface area is 76.5 Å². The number of aryl methyl sites for hydroxylation is 1. The first-order valence-electron chi connectivity index (χ1n) is 3.87. The fourth-order valence-corrected chi connectivity index (χ4v) is 1.24. The summed E-state index contributed by atoms with van der Waals surface area (Å²) in [6.45, 7) is 1.57. The van der Waals surface area contributed by atoms with Crippen LogP contribution in [-0.4, -0.2) is 10.1 Å². The molecule has 0 saturated heterocycles. The Morgan fingerprint density at radius 2 is 2.29 bits per heavy atom. The molecule has 0 bridgehead atoms. The molecule has 0 unspecified atom stereocenters. The lowest BCUT2D eigenvalue weighted by Crippen LogP contribution is -2.04. The molecule has 1 N–H and O–H groups in total. The third kappa shape index (κ3) is 1.19. The summed E-state index contributed by atoms with van der Waals surface area (Å²) < 4.78 is 29.2. The lowest BCUT2D eigenvalue weighted by Gasteiger charge is -1.97. The van der Waals surface area contributed by atoms with Gasteiger partial charge < -0.3 is 9.51 Å². The Bertz CT molecular complexity index is 530. The van der Waals surface area contributed by atoms with Crippen molar-refractivity contribution in [1.82, 2.24) is 10.1 Å². The summed E-state index contributed by atoms with van der Waals surface area (Å²) in [5, 5.41) is 3.72. The minimum absolute atomic E-state index is 0.00898. The lowest BCUT2D eigenvalue weighted by molar-refractivity contribution is 0.146. The first-order chi connectivity index (χ1) is 6.59. The molecule has 14 heavy (non-hydrogen) atoms. The van der Waals surface area contributed by atoms with Crippen molar-refractivity contribution in [2.24, 2.45) is 0 Å². The molecule has 2 aromatic heterocycles. The fourth-order valence-electron chi connectivity index (χ4n) is 1.24. The molecule has 2 rings (SSSR count). The van der Waals surface area contributed by atoms with Crippen LogP contribution in [0.25, 0.3) is 11.1 Å². The van der Waals surface area contributed by atoms with Crippen molar-refractivity contribution in [2.75, 3.05) is 0 Å². The normalized spacial score (nSPS) is 11.4. The summed E-state index contributed by atoms with van der Waals surface area (Å²) in [6, 6.07) is 0.858. The number of aromatic nitrogens is 2. The van der Waals surface area contributed by atoms with E-state index in [1.807, 2.05) is 0 Å². The molecule has 0 atom stereocenters. The molecule has 0 aliphatic carbocycles. The predicted molar refractivity (Wildman–Crippen MR) is 44.3 cm³/mol. The van der Waals surface area contributed by atoms with Crippen molar-refractivity contribution in [3.63, 3.8) is 0 Å². The maximum Gasteiger partial charge on any atom is 0.278 e. The number of hydrogen-bond donors (Lipinski definition) is 1. The first kappa shape index (κ1) is 8.86. The highest BCUT2D eigenvalue weighted by atomic mass is 19.3. The molecule has 2 heterocycles. The minimum atomic E-state index is -2.72. The number of alkyl halides is 2. The van der Waals surface area contributed by atoms with E-state index in [4.69, 9.17) is 0 Å². The number of halogens is 2. The van der Waals surface area contributed by atoms with Crippen LogP contribution < -0.4 is 5.43 Å². The van der Waals surface area contributed by atoms with E-state index in [0.29, 0.717) is 5.69 Å². The van der Waals surface area contributed by atoms with E-state index >= 15 is 0 Å². The first-order valence-corrected chi connectivity index (χ1v) is 3.87. The molecule has 2 aromatic rings. The van der Waals surface area contributed by atoms with Crippen molar-refractivity contribution >= 4 is 11.1 Å². The van der Waals surface area contributed by atoms with E-state index in [-0.39, 0.29) is 11.1 Å². The summed E-state index contributed by atoms with van der Waals surface area (Å²) in [7, 11) is 0. The zero-order valence-electron chi connectivity index (χ0n) is 7.17. The maximum absolute atomic E-state index is 12.2. The van der Waals surface area contributed by atoms with Crippen LogP contribution in [0.15, 0.2) is 15.4 Å². The Hall–Kier alpha value is -1.72. The van der Waals surface area contributed by atoms with Crippen molar-refractivity contribution in [1.29, 1.82) is 0 Å². The van der Waals surface area contributed by atoms with Crippen LogP contribution in [0.3, 0.4) is 0 Å². The Morgan fingerprint density at radius 1 is 1.57 bits per heavy atom. The fraction of sp³-hybridized carbons (Fsp3) is 0.250. The smallest absolute Gasteiger partial charge is 0.278 e. The molecule has 0 radical (unpaired) electrons. The van der Waals surface area contributed by atoms with Crippen LogP contribution in [-0.2, 0) is 0 Å².